The van der Waals surface area contributed by atoms with E-state index in [2.05, 4.69) is 10.3 Å². The number of nitrogens with two attached hydrogens (primary N) is 1. The van der Waals surface area contributed by atoms with Crippen molar-refractivity contribution in [1.29, 1.82) is 0 Å². The van der Waals surface area contributed by atoms with Gasteiger partial charge in [-0.15, -0.1) is 0 Å². The lowest BCUT2D eigenvalue weighted by Crippen LogP contribution is -2.19. The summed E-state index contributed by atoms with van der Waals surface area (Å²) in [7, 11) is 1.57. The smallest absolute Gasteiger partial charge is 0.330 e. The second-order valence-corrected chi connectivity index (χ2v) is 4.43. The number of aryl methyl sites for hydroxylation is 1. The second-order valence-electron chi connectivity index (χ2n) is 4.43. The molecule has 0 radical (unpaired) electrons. The van der Waals surface area contributed by atoms with Crippen LogP contribution in [-0.2, 0) is 19.8 Å². The summed E-state index contributed by atoms with van der Waals surface area (Å²) in [5.41, 5.74) is 4.59. The van der Waals surface area contributed by atoms with Crippen molar-refractivity contribution in [3.05, 3.63) is 47.5 Å². The summed E-state index contributed by atoms with van der Waals surface area (Å²) in [6.07, 6.45) is -1.92. The van der Waals surface area contributed by atoms with E-state index in [1.165, 1.54) is 29.2 Å². The molecule has 0 aliphatic rings. The summed E-state index contributed by atoms with van der Waals surface area (Å²) in [5, 5.41) is 2.25. The molecule has 3 N–H and O–H groups in total. The lowest BCUT2D eigenvalue weighted by Gasteiger charge is -2.15. The van der Waals surface area contributed by atoms with Crippen LogP contribution in [0.2, 0.25) is 0 Å². The quantitative estimate of drug-likeness (QED) is 0.912. The van der Waals surface area contributed by atoms with E-state index in [-0.39, 0.29) is 17.9 Å². The number of amides is 1. The molecule has 0 spiro atoms. The van der Waals surface area contributed by atoms with E-state index in [1.807, 2.05) is 0 Å². The summed E-state index contributed by atoms with van der Waals surface area (Å²) in [5.74, 6) is -0.666. The Morgan fingerprint density at radius 2 is 2.14 bits per heavy atom. The molecule has 0 saturated carbocycles. The number of rotatable bonds is 3. The highest BCUT2D eigenvalue weighted by Crippen LogP contribution is 2.35. The largest absolute Gasteiger partial charge is 0.418 e. The topological polar surface area (TPSA) is 72.9 Å². The molecule has 0 bridgehead atoms. The van der Waals surface area contributed by atoms with Gasteiger partial charge in [-0.2, -0.15) is 13.2 Å². The summed E-state index contributed by atoms with van der Waals surface area (Å²) in [6.45, 7) is -0.0148. The number of carbonyl (C=O) groups excluding carboxylic acids is 1. The van der Waals surface area contributed by atoms with Crippen LogP contribution in [0.15, 0.2) is 30.7 Å². The lowest BCUT2D eigenvalue weighted by molar-refractivity contribution is -0.137. The number of anilines is 1. The molecule has 2 aromatic rings. The molecular formula is C13H13F3N4O. The first-order chi connectivity index (χ1) is 9.82. The molecule has 0 unspecified atom stereocenters. The van der Waals surface area contributed by atoms with Crippen molar-refractivity contribution in [3.63, 3.8) is 0 Å². The molecule has 0 fully saturated rings. The van der Waals surface area contributed by atoms with Crippen LogP contribution in [0.3, 0.4) is 0 Å². The third-order valence-corrected chi connectivity index (χ3v) is 2.92. The van der Waals surface area contributed by atoms with Crippen molar-refractivity contribution >= 4 is 11.6 Å². The highest BCUT2D eigenvalue weighted by molar-refractivity contribution is 6.03. The number of hydrogen-bond acceptors (Lipinski definition) is 3. The normalized spacial score (nSPS) is 11.5. The van der Waals surface area contributed by atoms with Gasteiger partial charge in [-0.1, -0.05) is 6.07 Å². The first-order valence-corrected chi connectivity index (χ1v) is 6.00. The predicted molar refractivity (Wildman–Crippen MR) is 70.5 cm³/mol. The minimum Gasteiger partial charge on any atom is -0.330 e. The van der Waals surface area contributed by atoms with Gasteiger partial charge in [0.05, 0.1) is 23.8 Å². The number of hydrogen-bond donors (Lipinski definition) is 2. The zero-order valence-electron chi connectivity index (χ0n) is 11.1. The summed E-state index contributed by atoms with van der Waals surface area (Å²) < 4.78 is 40.5. The molecule has 0 aliphatic carbocycles. The van der Waals surface area contributed by atoms with Gasteiger partial charge < -0.3 is 15.6 Å². The van der Waals surface area contributed by atoms with Crippen molar-refractivity contribution in [2.75, 3.05) is 5.32 Å². The number of halogens is 3. The van der Waals surface area contributed by atoms with Crippen LogP contribution in [0.5, 0.6) is 0 Å². The Bertz CT molecular complexity index is 664. The molecule has 0 aliphatic heterocycles. The number of carbonyl (C=O) groups is 1. The van der Waals surface area contributed by atoms with E-state index < -0.39 is 17.6 Å². The molecule has 1 amide bonds. The van der Waals surface area contributed by atoms with Crippen LogP contribution in [0, 0.1) is 0 Å². The van der Waals surface area contributed by atoms with Gasteiger partial charge in [0, 0.05) is 13.6 Å². The number of aromatic nitrogens is 2. The van der Waals surface area contributed by atoms with Gasteiger partial charge in [0.15, 0.2) is 0 Å². The molecule has 21 heavy (non-hydrogen) atoms. The van der Waals surface area contributed by atoms with Crippen molar-refractivity contribution in [2.24, 2.45) is 12.8 Å². The van der Waals surface area contributed by atoms with Gasteiger partial charge in [-0.05, 0) is 17.7 Å². The molecular weight excluding hydrogens is 285 g/mol. The van der Waals surface area contributed by atoms with E-state index in [9.17, 15) is 18.0 Å². The average Bonchev–Trinajstić information content (AvgIpc) is 2.84. The van der Waals surface area contributed by atoms with Crippen LogP contribution in [0.4, 0.5) is 18.9 Å². The third-order valence-electron chi connectivity index (χ3n) is 2.92. The van der Waals surface area contributed by atoms with Gasteiger partial charge in [0.25, 0.3) is 5.91 Å². The van der Waals surface area contributed by atoms with Gasteiger partial charge in [0.2, 0.25) is 0 Å². The number of imidazole rings is 1. The van der Waals surface area contributed by atoms with E-state index in [0.717, 1.165) is 6.07 Å². The van der Waals surface area contributed by atoms with Crippen molar-refractivity contribution in [1.82, 2.24) is 9.55 Å². The lowest BCUT2D eigenvalue weighted by atomic mass is 10.1. The van der Waals surface area contributed by atoms with Gasteiger partial charge in [-0.3, -0.25) is 4.79 Å². The maximum absolute atomic E-state index is 13.0. The fourth-order valence-electron chi connectivity index (χ4n) is 1.82. The number of nitrogens with zero attached hydrogens (tertiary/aromatic N) is 2. The first-order valence-electron chi connectivity index (χ1n) is 6.00. The van der Waals surface area contributed by atoms with Crippen LogP contribution in [0.25, 0.3) is 0 Å². The highest BCUT2D eigenvalue weighted by atomic mass is 19.4. The van der Waals surface area contributed by atoms with Crippen LogP contribution >= 0.6 is 0 Å². The highest BCUT2D eigenvalue weighted by Gasteiger charge is 2.34. The van der Waals surface area contributed by atoms with E-state index in [4.69, 9.17) is 5.73 Å². The molecule has 5 nitrogen and oxygen atoms in total. The van der Waals surface area contributed by atoms with Crippen molar-refractivity contribution in [2.45, 2.75) is 12.7 Å². The molecule has 1 aromatic carbocycles. The fourth-order valence-corrected chi connectivity index (χ4v) is 1.82. The van der Waals surface area contributed by atoms with Crippen molar-refractivity contribution < 1.29 is 18.0 Å². The minimum absolute atomic E-state index is 0.0148. The molecule has 1 aromatic heterocycles. The molecule has 112 valence electrons. The van der Waals surface area contributed by atoms with Crippen molar-refractivity contribution in [3.8, 4) is 0 Å². The molecule has 0 saturated heterocycles. The monoisotopic (exact) mass is 298 g/mol. The fraction of sp³-hybridized carbons (Fsp3) is 0.231. The van der Waals surface area contributed by atoms with Crippen LogP contribution in [0.1, 0.15) is 21.6 Å². The van der Waals surface area contributed by atoms with Gasteiger partial charge >= 0.3 is 6.18 Å². The maximum atomic E-state index is 13.0. The minimum atomic E-state index is -4.58. The Labute approximate surface area is 118 Å². The van der Waals surface area contributed by atoms with Gasteiger partial charge in [-0.25, -0.2) is 4.98 Å². The summed E-state index contributed by atoms with van der Waals surface area (Å²) in [6, 6.07) is 3.56. The average molecular weight is 298 g/mol. The third kappa shape index (κ3) is 3.22. The Morgan fingerprint density at radius 1 is 1.43 bits per heavy atom. The Balaban J connectivity index is 2.36. The predicted octanol–water partition coefficient (Wildman–Crippen LogP) is 2.15. The van der Waals surface area contributed by atoms with Gasteiger partial charge in [0.1, 0.15) is 5.69 Å². The maximum Gasteiger partial charge on any atom is 0.418 e. The molecule has 0 atom stereocenters. The standard InChI is InChI=1S/C13H13F3N4O/c1-20-7-18-6-11(20)12(21)19-10-3-2-8(5-17)4-9(10)13(14,15)16/h2-4,6-7H,5,17H2,1H3,(H,19,21). The molecule has 2 rings (SSSR count). The Morgan fingerprint density at radius 3 is 2.67 bits per heavy atom. The number of benzene rings is 1. The SMILES string of the molecule is Cn1cncc1C(=O)Nc1ccc(CN)cc1C(F)(F)F. The Kier molecular flexibility index (Phi) is 3.99. The van der Waals surface area contributed by atoms with Crippen LogP contribution < -0.4 is 11.1 Å². The molecule has 8 heteroatoms. The Hall–Kier alpha value is -2.35. The number of alkyl halides is 3. The first kappa shape index (κ1) is 15.0. The van der Waals surface area contributed by atoms with E-state index in [0.29, 0.717) is 5.56 Å². The van der Waals surface area contributed by atoms with E-state index >= 15 is 0 Å². The van der Waals surface area contributed by atoms with E-state index in [1.54, 1.807) is 7.05 Å². The summed E-state index contributed by atoms with van der Waals surface area (Å²) >= 11 is 0. The summed E-state index contributed by atoms with van der Waals surface area (Å²) in [4.78, 5) is 15.7. The number of nitrogens with one attached hydrogen (secondary N) is 1. The second kappa shape index (κ2) is 5.57. The zero-order valence-corrected chi connectivity index (χ0v) is 11.1. The molecule has 1 heterocycles. The zero-order chi connectivity index (χ0) is 15.6. The van der Waals surface area contributed by atoms with Crippen LogP contribution in [-0.4, -0.2) is 15.5 Å².